The Balaban J connectivity index is 1.96. The van der Waals surface area contributed by atoms with Crippen LogP contribution in [0.1, 0.15) is 10.4 Å². The van der Waals surface area contributed by atoms with Gasteiger partial charge in [-0.15, -0.1) is 0 Å². The highest BCUT2D eigenvalue weighted by molar-refractivity contribution is 9.10. The fourth-order valence-electron chi connectivity index (χ4n) is 2.07. The van der Waals surface area contributed by atoms with Crippen LogP contribution in [0.5, 0.6) is 0 Å². The number of thiazole rings is 1. The molecule has 8 heteroatoms. The molecule has 1 heterocycles. The second-order valence-electron chi connectivity index (χ2n) is 4.75. The minimum atomic E-state index is -0.529. The van der Waals surface area contributed by atoms with Gasteiger partial charge in [0.2, 0.25) is 0 Å². The summed E-state index contributed by atoms with van der Waals surface area (Å²) >= 11 is 4.50. The zero-order valence-electron chi connectivity index (χ0n) is 11.9. The molecule has 3 rings (SSSR count). The molecular formula is C15H10BrN3O3S. The van der Waals surface area contributed by atoms with Gasteiger partial charge < -0.3 is 0 Å². The molecular weight excluding hydrogens is 382 g/mol. The Labute approximate surface area is 143 Å². The molecule has 0 atom stereocenters. The van der Waals surface area contributed by atoms with Gasteiger partial charge in [-0.1, -0.05) is 23.5 Å². The summed E-state index contributed by atoms with van der Waals surface area (Å²) in [6, 6.07) is 11.9. The summed E-state index contributed by atoms with van der Waals surface area (Å²) in [6.45, 7) is 0. The molecule has 0 unspecified atom stereocenters. The van der Waals surface area contributed by atoms with Gasteiger partial charge in [-0.3, -0.25) is 19.8 Å². The van der Waals surface area contributed by atoms with Crippen molar-refractivity contribution in [1.29, 1.82) is 0 Å². The standard InChI is InChI=1S/C15H10BrN3O3S/c1-18(15-17-11-4-2-3-5-13(11)23-15)14(20)9-6-7-10(16)12(8-9)19(21)22/h2-8H,1H3. The number of para-hydroxylation sites is 1. The lowest BCUT2D eigenvalue weighted by Crippen LogP contribution is -2.26. The quantitative estimate of drug-likeness (QED) is 0.494. The van der Waals surface area contributed by atoms with Crippen molar-refractivity contribution in [2.45, 2.75) is 0 Å². The number of fused-ring (bicyclic) bond motifs is 1. The third-order valence-corrected chi connectivity index (χ3v) is 5.05. The molecule has 1 amide bonds. The number of nitrogens with zero attached hydrogens (tertiary/aromatic N) is 3. The zero-order chi connectivity index (χ0) is 16.6. The van der Waals surface area contributed by atoms with Crippen molar-refractivity contribution in [2.24, 2.45) is 0 Å². The van der Waals surface area contributed by atoms with Crippen LogP contribution in [0.15, 0.2) is 46.9 Å². The molecule has 0 aliphatic rings. The number of carbonyl (C=O) groups is 1. The highest BCUT2D eigenvalue weighted by Crippen LogP contribution is 2.30. The van der Waals surface area contributed by atoms with Crippen LogP contribution in [0, 0.1) is 10.1 Å². The lowest BCUT2D eigenvalue weighted by Gasteiger charge is -2.13. The monoisotopic (exact) mass is 391 g/mol. The summed E-state index contributed by atoms with van der Waals surface area (Å²) in [6.07, 6.45) is 0. The Morgan fingerprint density at radius 2 is 2.04 bits per heavy atom. The smallest absolute Gasteiger partial charge is 0.284 e. The van der Waals surface area contributed by atoms with E-state index in [0.29, 0.717) is 9.60 Å². The molecule has 3 aromatic rings. The Bertz CT molecular complexity index is 892. The maximum atomic E-state index is 12.6. The number of amides is 1. The average Bonchev–Trinajstić information content (AvgIpc) is 2.97. The van der Waals surface area contributed by atoms with Gasteiger partial charge in [0.1, 0.15) is 0 Å². The number of nitro benzene ring substituents is 1. The van der Waals surface area contributed by atoms with Crippen LogP contribution in [0.3, 0.4) is 0 Å². The van der Waals surface area contributed by atoms with Crippen LogP contribution < -0.4 is 4.90 Å². The molecule has 1 aromatic heterocycles. The topological polar surface area (TPSA) is 76.3 Å². The molecule has 0 fully saturated rings. The number of carbonyl (C=O) groups excluding carboxylic acids is 1. The van der Waals surface area contributed by atoms with Crippen molar-refractivity contribution in [3.63, 3.8) is 0 Å². The summed E-state index contributed by atoms with van der Waals surface area (Å²) in [5, 5.41) is 11.5. The molecule has 0 saturated carbocycles. The molecule has 0 aliphatic carbocycles. The Hall–Kier alpha value is -2.32. The lowest BCUT2D eigenvalue weighted by molar-refractivity contribution is -0.385. The van der Waals surface area contributed by atoms with E-state index in [1.807, 2.05) is 24.3 Å². The summed E-state index contributed by atoms with van der Waals surface area (Å²) in [4.78, 5) is 28.8. The van der Waals surface area contributed by atoms with Gasteiger partial charge in [-0.05, 0) is 40.2 Å². The minimum Gasteiger partial charge on any atom is -0.287 e. The van der Waals surface area contributed by atoms with Crippen molar-refractivity contribution in [3.8, 4) is 0 Å². The number of benzene rings is 2. The number of hydrogen-bond donors (Lipinski definition) is 0. The van der Waals surface area contributed by atoms with Crippen molar-refractivity contribution >= 4 is 54.2 Å². The second kappa shape index (κ2) is 6.05. The van der Waals surface area contributed by atoms with Gasteiger partial charge in [-0.25, -0.2) is 4.98 Å². The lowest BCUT2D eigenvalue weighted by atomic mass is 10.2. The van der Waals surface area contributed by atoms with E-state index < -0.39 is 4.92 Å². The van der Waals surface area contributed by atoms with Crippen molar-refractivity contribution in [1.82, 2.24) is 4.98 Å². The third kappa shape index (κ3) is 2.95. The van der Waals surface area contributed by atoms with Gasteiger partial charge in [0, 0.05) is 18.7 Å². The predicted molar refractivity (Wildman–Crippen MR) is 93.1 cm³/mol. The van der Waals surface area contributed by atoms with Crippen molar-refractivity contribution < 1.29 is 9.72 Å². The average molecular weight is 392 g/mol. The molecule has 0 N–H and O–H groups in total. The van der Waals surface area contributed by atoms with Gasteiger partial charge in [0.25, 0.3) is 11.6 Å². The molecule has 0 bridgehead atoms. The van der Waals surface area contributed by atoms with E-state index in [-0.39, 0.29) is 17.2 Å². The molecule has 116 valence electrons. The first-order chi connectivity index (χ1) is 11.0. The molecule has 0 spiro atoms. The number of aromatic nitrogens is 1. The SMILES string of the molecule is CN(C(=O)c1ccc(Br)c([N+](=O)[O-])c1)c1nc2ccccc2s1. The van der Waals surface area contributed by atoms with Crippen LogP contribution in [0.4, 0.5) is 10.8 Å². The van der Waals surface area contributed by atoms with Crippen LogP contribution in [-0.4, -0.2) is 22.9 Å². The molecule has 23 heavy (non-hydrogen) atoms. The van der Waals surface area contributed by atoms with Crippen LogP contribution >= 0.6 is 27.3 Å². The number of hydrogen-bond acceptors (Lipinski definition) is 5. The van der Waals surface area contributed by atoms with E-state index in [1.54, 1.807) is 13.1 Å². The van der Waals surface area contributed by atoms with E-state index in [9.17, 15) is 14.9 Å². The van der Waals surface area contributed by atoms with E-state index >= 15 is 0 Å². The van der Waals surface area contributed by atoms with E-state index in [1.165, 1.54) is 28.4 Å². The Morgan fingerprint density at radius 1 is 1.30 bits per heavy atom. The minimum absolute atomic E-state index is 0.145. The largest absolute Gasteiger partial charge is 0.287 e. The summed E-state index contributed by atoms with van der Waals surface area (Å²) in [5.74, 6) is -0.348. The van der Waals surface area contributed by atoms with E-state index in [4.69, 9.17) is 0 Å². The van der Waals surface area contributed by atoms with Crippen molar-refractivity contribution in [3.05, 3.63) is 62.6 Å². The van der Waals surface area contributed by atoms with Gasteiger partial charge in [-0.2, -0.15) is 0 Å². The highest BCUT2D eigenvalue weighted by Gasteiger charge is 2.21. The third-order valence-electron chi connectivity index (χ3n) is 3.26. The summed E-state index contributed by atoms with van der Waals surface area (Å²) in [5.41, 5.74) is 0.907. The normalized spacial score (nSPS) is 10.7. The summed E-state index contributed by atoms with van der Waals surface area (Å²) < 4.78 is 1.31. The van der Waals surface area contributed by atoms with E-state index in [2.05, 4.69) is 20.9 Å². The highest BCUT2D eigenvalue weighted by atomic mass is 79.9. The first-order valence-corrected chi connectivity index (χ1v) is 8.16. The van der Waals surface area contributed by atoms with E-state index in [0.717, 1.165) is 10.2 Å². The summed E-state index contributed by atoms with van der Waals surface area (Å²) in [7, 11) is 1.61. The predicted octanol–water partition coefficient (Wildman–Crippen LogP) is 4.24. The first-order valence-electron chi connectivity index (χ1n) is 6.55. The first kappa shape index (κ1) is 15.6. The van der Waals surface area contributed by atoms with Crippen LogP contribution in [0.25, 0.3) is 10.2 Å². The molecule has 6 nitrogen and oxygen atoms in total. The number of nitro groups is 1. The van der Waals surface area contributed by atoms with Gasteiger partial charge in [0.05, 0.1) is 19.6 Å². The fourth-order valence-corrected chi connectivity index (χ4v) is 3.39. The molecule has 2 aromatic carbocycles. The van der Waals surface area contributed by atoms with Crippen LogP contribution in [0.2, 0.25) is 0 Å². The number of halogens is 1. The maximum Gasteiger partial charge on any atom is 0.284 e. The van der Waals surface area contributed by atoms with Gasteiger partial charge in [0.15, 0.2) is 5.13 Å². The number of rotatable bonds is 3. The number of anilines is 1. The molecule has 0 radical (unpaired) electrons. The van der Waals surface area contributed by atoms with Crippen molar-refractivity contribution in [2.75, 3.05) is 11.9 Å². The zero-order valence-corrected chi connectivity index (χ0v) is 14.3. The Morgan fingerprint density at radius 3 is 2.74 bits per heavy atom. The molecule has 0 saturated heterocycles. The van der Waals surface area contributed by atoms with Gasteiger partial charge >= 0.3 is 0 Å². The molecule has 0 aliphatic heterocycles. The van der Waals surface area contributed by atoms with Crippen LogP contribution in [-0.2, 0) is 0 Å². The second-order valence-corrected chi connectivity index (χ2v) is 6.62. The Kier molecular flexibility index (Phi) is 4.10. The maximum absolute atomic E-state index is 12.6. The fraction of sp³-hybridized carbons (Fsp3) is 0.0667.